The zero-order valence-electron chi connectivity index (χ0n) is 11.5. The first-order chi connectivity index (χ1) is 9.58. The quantitative estimate of drug-likeness (QED) is 0.635. The molecule has 0 amide bonds. The van der Waals surface area contributed by atoms with Gasteiger partial charge >= 0.3 is 0 Å². The molecule has 4 nitrogen and oxygen atoms in total. The van der Waals surface area contributed by atoms with E-state index >= 15 is 0 Å². The maximum Gasteiger partial charge on any atom is 0.0893 e. The highest BCUT2D eigenvalue weighted by atomic mass is 79.9. The lowest BCUT2D eigenvalue weighted by atomic mass is 10.0. The Morgan fingerprint density at radius 3 is 2.85 bits per heavy atom. The number of hydrogen-bond donors (Lipinski definition) is 2. The Balaban J connectivity index is 2.46. The summed E-state index contributed by atoms with van der Waals surface area (Å²) < 4.78 is 2.95. The number of nitrogens with zero attached hydrogens (tertiary/aromatic N) is 2. The summed E-state index contributed by atoms with van der Waals surface area (Å²) in [6.45, 7) is 4.97. The van der Waals surface area contributed by atoms with E-state index in [-0.39, 0.29) is 6.04 Å². The first kappa shape index (κ1) is 15.5. The Hall–Kier alpha value is -0.880. The van der Waals surface area contributed by atoms with E-state index < -0.39 is 0 Å². The van der Waals surface area contributed by atoms with E-state index in [0.717, 1.165) is 28.7 Å². The number of aromatic nitrogens is 2. The predicted octanol–water partition coefficient (Wildman–Crippen LogP) is 3.57. The first-order valence-electron chi connectivity index (χ1n) is 6.51. The smallest absolute Gasteiger partial charge is 0.0893 e. The molecule has 20 heavy (non-hydrogen) atoms. The lowest BCUT2D eigenvalue weighted by molar-refractivity contribution is 0.521. The van der Waals surface area contributed by atoms with Gasteiger partial charge in [0.1, 0.15) is 0 Å². The van der Waals surface area contributed by atoms with E-state index in [0.29, 0.717) is 5.02 Å². The van der Waals surface area contributed by atoms with Crippen molar-refractivity contribution in [3.63, 3.8) is 0 Å². The van der Waals surface area contributed by atoms with Crippen LogP contribution in [0.5, 0.6) is 0 Å². The van der Waals surface area contributed by atoms with Gasteiger partial charge in [-0.3, -0.25) is 10.5 Å². The topological polar surface area (TPSA) is 55.9 Å². The van der Waals surface area contributed by atoms with Crippen LogP contribution in [0.15, 0.2) is 28.9 Å². The van der Waals surface area contributed by atoms with Crippen molar-refractivity contribution in [3.8, 4) is 0 Å². The molecule has 2 aromatic rings. The van der Waals surface area contributed by atoms with Gasteiger partial charge in [-0.2, -0.15) is 5.10 Å². The molecule has 1 aromatic carbocycles. The third-order valence-corrected chi connectivity index (χ3v) is 4.38. The largest absolute Gasteiger partial charge is 0.271 e. The van der Waals surface area contributed by atoms with E-state index in [1.807, 2.05) is 17.7 Å². The van der Waals surface area contributed by atoms with Crippen molar-refractivity contribution >= 4 is 27.5 Å². The average molecular weight is 358 g/mol. The fourth-order valence-corrected chi connectivity index (χ4v) is 2.82. The number of nitrogens with one attached hydrogen (secondary N) is 1. The van der Waals surface area contributed by atoms with Crippen LogP contribution in [0.2, 0.25) is 5.02 Å². The molecule has 0 aliphatic carbocycles. The van der Waals surface area contributed by atoms with Crippen molar-refractivity contribution in [2.24, 2.45) is 5.84 Å². The summed E-state index contributed by atoms with van der Waals surface area (Å²) in [5.41, 5.74) is 5.96. The summed E-state index contributed by atoms with van der Waals surface area (Å²) in [5.74, 6) is 5.75. The summed E-state index contributed by atoms with van der Waals surface area (Å²) in [6, 6.07) is 5.97. The Labute approximate surface area is 132 Å². The van der Waals surface area contributed by atoms with Gasteiger partial charge < -0.3 is 0 Å². The minimum absolute atomic E-state index is 0.187. The third-order valence-electron chi connectivity index (χ3n) is 3.24. The highest BCUT2D eigenvalue weighted by Crippen LogP contribution is 2.30. The van der Waals surface area contributed by atoms with Gasteiger partial charge in [0.2, 0.25) is 0 Å². The number of benzene rings is 1. The molecule has 1 aromatic heterocycles. The van der Waals surface area contributed by atoms with Crippen LogP contribution in [0, 0.1) is 6.92 Å². The maximum atomic E-state index is 6.28. The molecule has 0 saturated heterocycles. The lowest BCUT2D eigenvalue weighted by Gasteiger charge is -2.19. The van der Waals surface area contributed by atoms with E-state index in [2.05, 4.69) is 45.5 Å². The van der Waals surface area contributed by atoms with Gasteiger partial charge in [0.05, 0.1) is 23.0 Å². The van der Waals surface area contributed by atoms with Crippen molar-refractivity contribution < 1.29 is 0 Å². The molecule has 0 spiro atoms. The highest BCUT2D eigenvalue weighted by molar-refractivity contribution is 9.10. The highest BCUT2D eigenvalue weighted by Gasteiger charge is 2.21. The second kappa shape index (κ2) is 6.72. The zero-order chi connectivity index (χ0) is 14.7. The van der Waals surface area contributed by atoms with Gasteiger partial charge in [0.15, 0.2) is 0 Å². The van der Waals surface area contributed by atoms with Crippen LogP contribution >= 0.6 is 27.5 Å². The molecule has 0 fully saturated rings. The zero-order valence-corrected chi connectivity index (χ0v) is 13.9. The molecule has 0 aliphatic heterocycles. The second-order valence-electron chi connectivity index (χ2n) is 4.71. The van der Waals surface area contributed by atoms with Crippen LogP contribution in [0.1, 0.15) is 36.2 Å². The molecule has 1 heterocycles. The van der Waals surface area contributed by atoms with Gasteiger partial charge in [0.25, 0.3) is 0 Å². The van der Waals surface area contributed by atoms with Gasteiger partial charge in [-0.1, -0.05) is 46.6 Å². The van der Waals surface area contributed by atoms with Gasteiger partial charge in [-0.25, -0.2) is 5.43 Å². The van der Waals surface area contributed by atoms with Crippen molar-refractivity contribution in [2.75, 3.05) is 0 Å². The maximum absolute atomic E-state index is 6.28. The van der Waals surface area contributed by atoms with Gasteiger partial charge in [-0.15, -0.1) is 0 Å². The second-order valence-corrected chi connectivity index (χ2v) is 5.97. The predicted molar refractivity (Wildman–Crippen MR) is 85.6 cm³/mol. The summed E-state index contributed by atoms with van der Waals surface area (Å²) in [7, 11) is 0. The standard InChI is InChI=1S/C14H18BrClN4/c1-3-6-20-14(12(16)8-18-20)13(19-17)10-5-4-9(2)11(15)7-10/h4-5,7-8,13,19H,3,6,17H2,1-2H3. The van der Waals surface area contributed by atoms with Crippen LogP contribution in [0.3, 0.4) is 0 Å². The molecule has 0 aliphatic rings. The number of hydrogen-bond acceptors (Lipinski definition) is 3. The summed E-state index contributed by atoms with van der Waals surface area (Å²) in [6.07, 6.45) is 2.65. The van der Waals surface area contributed by atoms with Crippen LogP contribution in [-0.4, -0.2) is 9.78 Å². The Kier molecular flexibility index (Phi) is 5.21. The molecule has 0 saturated carbocycles. The summed E-state index contributed by atoms with van der Waals surface area (Å²) in [4.78, 5) is 0. The molecular weight excluding hydrogens is 340 g/mol. The van der Waals surface area contributed by atoms with Gasteiger partial charge in [-0.05, 0) is 30.5 Å². The van der Waals surface area contributed by atoms with Crippen molar-refractivity contribution in [1.82, 2.24) is 15.2 Å². The van der Waals surface area contributed by atoms with Crippen molar-refractivity contribution in [1.29, 1.82) is 0 Å². The fourth-order valence-electron chi connectivity index (χ4n) is 2.17. The Morgan fingerprint density at radius 2 is 2.25 bits per heavy atom. The molecule has 6 heteroatoms. The van der Waals surface area contributed by atoms with E-state index in [4.69, 9.17) is 17.4 Å². The number of halogens is 2. The molecule has 2 rings (SSSR count). The molecular formula is C14H18BrClN4. The number of nitrogens with two attached hydrogens (primary N) is 1. The first-order valence-corrected chi connectivity index (χ1v) is 7.69. The van der Waals surface area contributed by atoms with Crippen molar-refractivity contribution in [2.45, 2.75) is 32.9 Å². The number of aryl methyl sites for hydroxylation is 2. The molecule has 0 radical (unpaired) electrons. The fraction of sp³-hybridized carbons (Fsp3) is 0.357. The average Bonchev–Trinajstić information content (AvgIpc) is 2.77. The third kappa shape index (κ3) is 3.06. The van der Waals surface area contributed by atoms with Crippen LogP contribution < -0.4 is 11.3 Å². The minimum Gasteiger partial charge on any atom is -0.271 e. The molecule has 1 atom stereocenters. The van der Waals surface area contributed by atoms with E-state index in [9.17, 15) is 0 Å². The number of rotatable bonds is 5. The Morgan fingerprint density at radius 1 is 1.50 bits per heavy atom. The summed E-state index contributed by atoms with van der Waals surface area (Å²) >= 11 is 9.84. The van der Waals surface area contributed by atoms with Crippen LogP contribution in [-0.2, 0) is 6.54 Å². The molecule has 3 N–H and O–H groups in total. The molecule has 1 unspecified atom stereocenters. The number of hydrazine groups is 1. The molecule has 0 bridgehead atoms. The SMILES string of the molecule is CCCn1ncc(Cl)c1C(NN)c1ccc(C)c(Br)c1. The minimum atomic E-state index is -0.187. The van der Waals surface area contributed by atoms with Crippen LogP contribution in [0.25, 0.3) is 0 Å². The van der Waals surface area contributed by atoms with E-state index in [1.165, 1.54) is 5.56 Å². The van der Waals surface area contributed by atoms with Crippen LogP contribution in [0.4, 0.5) is 0 Å². The normalized spacial score (nSPS) is 12.7. The monoisotopic (exact) mass is 356 g/mol. The molecule has 108 valence electrons. The Bertz CT molecular complexity index is 597. The van der Waals surface area contributed by atoms with Crippen molar-refractivity contribution in [3.05, 3.63) is 50.7 Å². The van der Waals surface area contributed by atoms with E-state index in [1.54, 1.807) is 6.20 Å². The van der Waals surface area contributed by atoms with Gasteiger partial charge in [0, 0.05) is 11.0 Å². The summed E-state index contributed by atoms with van der Waals surface area (Å²) in [5, 5.41) is 4.94. The lowest BCUT2D eigenvalue weighted by Crippen LogP contribution is -2.31.